The van der Waals surface area contributed by atoms with Crippen LogP contribution in [0.15, 0.2) is 27.5 Å². The quantitative estimate of drug-likeness (QED) is 0.871. The number of nitrogens with one attached hydrogen (secondary N) is 1. The zero-order valence-electron chi connectivity index (χ0n) is 12.4. The summed E-state index contributed by atoms with van der Waals surface area (Å²) in [4.78, 5) is 19.9. The summed E-state index contributed by atoms with van der Waals surface area (Å²) in [5, 5.41) is 0. The van der Waals surface area contributed by atoms with E-state index in [2.05, 4.69) is 53.0 Å². The van der Waals surface area contributed by atoms with Gasteiger partial charge in [-0.25, -0.2) is 4.98 Å². The minimum Gasteiger partial charge on any atom is -0.306 e. The molecule has 0 bridgehead atoms. The van der Waals surface area contributed by atoms with Gasteiger partial charge in [-0.1, -0.05) is 30.0 Å². The van der Waals surface area contributed by atoms with E-state index in [9.17, 15) is 4.79 Å². The Morgan fingerprint density at radius 3 is 2.38 bits per heavy atom. The summed E-state index contributed by atoms with van der Waals surface area (Å²) in [6, 6.07) is 6.26. The molecule has 1 N–H and O–H groups in total. The second-order valence-corrected chi connectivity index (χ2v) is 6.76. The highest BCUT2D eigenvalue weighted by molar-refractivity contribution is 9.10. The van der Waals surface area contributed by atoms with Crippen molar-refractivity contribution in [1.29, 1.82) is 0 Å². The van der Waals surface area contributed by atoms with E-state index in [0.29, 0.717) is 16.2 Å². The molecule has 1 aromatic carbocycles. The van der Waals surface area contributed by atoms with Gasteiger partial charge in [0.25, 0.3) is 5.56 Å². The average molecular weight is 347 g/mol. The molecule has 1 fully saturated rings. The number of hydrogen-bond acceptors (Lipinski definition) is 2. The molecule has 0 spiro atoms. The van der Waals surface area contributed by atoms with E-state index in [1.165, 1.54) is 24.0 Å². The van der Waals surface area contributed by atoms with Crippen LogP contribution < -0.4 is 5.56 Å². The Kier molecular flexibility index (Phi) is 3.98. The van der Waals surface area contributed by atoms with E-state index in [0.717, 1.165) is 24.1 Å². The lowest BCUT2D eigenvalue weighted by Gasteiger charge is -2.12. The van der Waals surface area contributed by atoms with Crippen LogP contribution in [0.25, 0.3) is 11.4 Å². The summed E-state index contributed by atoms with van der Waals surface area (Å²) in [6.07, 6.45) is 4.71. The summed E-state index contributed by atoms with van der Waals surface area (Å²) >= 11 is 3.42. The van der Waals surface area contributed by atoms with E-state index >= 15 is 0 Å². The Morgan fingerprint density at radius 2 is 1.76 bits per heavy atom. The van der Waals surface area contributed by atoms with Gasteiger partial charge in [-0.05, 0) is 54.8 Å². The fourth-order valence-corrected chi connectivity index (χ4v) is 3.71. The van der Waals surface area contributed by atoms with Crippen LogP contribution in [0.1, 0.15) is 48.4 Å². The van der Waals surface area contributed by atoms with Crippen LogP contribution in [0.4, 0.5) is 0 Å². The molecule has 3 rings (SSSR count). The lowest BCUT2D eigenvalue weighted by molar-refractivity contribution is 0.688. The molecule has 4 heteroatoms. The van der Waals surface area contributed by atoms with Crippen molar-refractivity contribution in [3.63, 3.8) is 0 Å². The largest absolute Gasteiger partial charge is 0.306 e. The fraction of sp³-hybridized carbons (Fsp3) is 0.412. The summed E-state index contributed by atoms with van der Waals surface area (Å²) in [7, 11) is 0. The van der Waals surface area contributed by atoms with Crippen LogP contribution in [0, 0.1) is 13.8 Å². The Morgan fingerprint density at radius 1 is 1.14 bits per heavy atom. The molecular formula is C17H19BrN2O. The molecule has 21 heavy (non-hydrogen) atoms. The summed E-state index contributed by atoms with van der Waals surface area (Å²) in [5.74, 6) is 1.09. The topological polar surface area (TPSA) is 45.8 Å². The Balaban J connectivity index is 2.12. The van der Waals surface area contributed by atoms with Crippen LogP contribution in [-0.2, 0) is 0 Å². The van der Waals surface area contributed by atoms with Gasteiger partial charge >= 0.3 is 0 Å². The minimum absolute atomic E-state index is 0.0824. The molecule has 1 saturated carbocycles. The average Bonchev–Trinajstić information content (AvgIpc) is 2.94. The molecule has 0 aliphatic heterocycles. The first-order valence-corrected chi connectivity index (χ1v) is 8.22. The number of aryl methyl sites for hydroxylation is 2. The van der Waals surface area contributed by atoms with Crippen LogP contribution in [0.2, 0.25) is 0 Å². The third-order valence-corrected chi connectivity index (χ3v) is 4.89. The van der Waals surface area contributed by atoms with Gasteiger partial charge in [-0.3, -0.25) is 4.79 Å². The first kappa shape index (κ1) is 14.5. The van der Waals surface area contributed by atoms with Crippen molar-refractivity contribution in [2.75, 3.05) is 0 Å². The SMILES string of the molecule is Cc1cc(C)cc(-c2nc(C3CCCC3)c(Br)c(=O)[nH]2)c1. The van der Waals surface area contributed by atoms with Gasteiger partial charge in [-0.2, -0.15) is 0 Å². The molecule has 1 aliphatic carbocycles. The van der Waals surface area contributed by atoms with Gasteiger partial charge in [0.15, 0.2) is 0 Å². The van der Waals surface area contributed by atoms with Crippen molar-refractivity contribution in [3.8, 4) is 11.4 Å². The fourth-order valence-electron chi connectivity index (χ4n) is 3.19. The van der Waals surface area contributed by atoms with E-state index in [1.54, 1.807) is 0 Å². The van der Waals surface area contributed by atoms with E-state index in [-0.39, 0.29) is 5.56 Å². The third-order valence-electron chi connectivity index (χ3n) is 4.13. The number of halogens is 1. The van der Waals surface area contributed by atoms with Crippen molar-refractivity contribution >= 4 is 15.9 Å². The first-order chi connectivity index (χ1) is 10.0. The monoisotopic (exact) mass is 346 g/mol. The number of aromatic amines is 1. The molecule has 110 valence electrons. The molecule has 0 unspecified atom stereocenters. The zero-order valence-corrected chi connectivity index (χ0v) is 14.0. The third kappa shape index (κ3) is 2.95. The molecule has 1 aliphatic rings. The van der Waals surface area contributed by atoms with Gasteiger partial charge in [-0.15, -0.1) is 0 Å². The van der Waals surface area contributed by atoms with Gasteiger partial charge in [0.2, 0.25) is 0 Å². The lowest BCUT2D eigenvalue weighted by Crippen LogP contribution is -2.15. The molecule has 2 aromatic rings. The maximum Gasteiger partial charge on any atom is 0.265 e. The highest BCUT2D eigenvalue weighted by Gasteiger charge is 2.23. The highest BCUT2D eigenvalue weighted by atomic mass is 79.9. The van der Waals surface area contributed by atoms with Gasteiger partial charge < -0.3 is 4.98 Å². The number of hydrogen-bond donors (Lipinski definition) is 1. The Bertz CT molecular complexity index is 710. The van der Waals surface area contributed by atoms with Crippen LogP contribution in [0.5, 0.6) is 0 Å². The Hall–Kier alpha value is -1.42. The van der Waals surface area contributed by atoms with Crippen molar-refractivity contribution in [2.24, 2.45) is 0 Å². The Labute approximate surface area is 133 Å². The summed E-state index contributed by atoms with van der Waals surface area (Å²) < 4.78 is 0.600. The summed E-state index contributed by atoms with van der Waals surface area (Å²) in [5.41, 5.74) is 4.18. The normalized spacial score (nSPS) is 15.6. The van der Waals surface area contributed by atoms with Crippen LogP contribution in [-0.4, -0.2) is 9.97 Å². The maximum atomic E-state index is 12.2. The lowest BCUT2D eigenvalue weighted by atomic mass is 10.0. The molecule has 0 atom stereocenters. The van der Waals surface area contributed by atoms with Crippen LogP contribution in [0.3, 0.4) is 0 Å². The number of benzene rings is 1. The van der Waals surface area contributed by atoms with Crippen molar-refractivity contribution in [1.82, 2.24) is 9.97 Å². The second kappa shape index (κ2) is 5.76. The van der Waals surface area contributed by atoms with E-state index in [4.69, 9.17) is 4.98 Å². The predicted octanol–water partition coefficient (Wildman–Crippen LogP) is 4.47. The smallest absolute Gasteiger partial charge is 0.265 e. The molecular weight excluding hydrogens is 328 g/mol. The minimum atomic E-state index is -0.0824. The molecule has 3 nitrogen and oxygen atoms in total. The highest BCUT2D eigenvalue weighted by Crippen LogP contribution is 2.36. The van der Waals surface area contributed by atoms with E-state index in [1.807, 2.05) is 0 Å². The number of H-pyrrole nitrogens is 1. The molecule has 0 saturated heterocycles. The van der Waals surface area contributed by atoms with Gasteiger partial charge in [0, 0.05) is 11.5 Å². The summed E-state index contributed by atoms with van der Waals surface area (Å²) in [6.45, 7) is 4.12. The predicted molar refractivity (Wildman–Crippen MR) is 88.7 cm³/mol. The van der Waals surface area contributed by atoms with Crippen molar-refractivity contribution in [3.05, 3.63) is 49.8 Å². The number of nitrogens with zero attached hydrogens (tertiary/aromatic N) is 1. The first-order valence-electron chi connectivity index (χ1n) is 7.43. The molecule has 0 radical (unpaired) electrons. The molecule has 1 aromatic heterocycles. The van der Waals surface area contributed by atoms with Crippen LogP contribution >= 0.6 is 15.9 Å². The molecule has 1 heterocycles. The maximum absolute atomic E-state index is 12.2. The van der Waals surface area contributed by atoms with Crippen molar-refractivity contribution in [2.45, 2.75) is 45.4 Å². The standard InChI is InChI=1S/C17H19BrN2O/c1-10-7-11(2)9-13(8-10)16-19-15(12-5-3-4-6-12)14(18)17(21)20-16/h7-9,12H,3-6H2,1-2H3,(H,19,20,21). The van der Waals surface area contributed by atoms with Gasteiger partial charge in [0.1, 0.15) is 10.3 Å². The second-order valence-electron chi connectivity index (χ2n) is 5.97. The number of rotatable bonds is 2. The van der Waals surface area contributed by atoms with Gasteiger partial charge in [0.05, 0.1) is 5.69 Å². The number of aromatic nitrogens is 2. The van der Waals surface area contributed by atoms with Crippen molar-refractivity contribution < 1.29 is 0 Å². The van der Waals surface area contributed by atoms with E-state index < -0.39 is 0 Å². The molecule has 0 amide bonds. The zero-order chi connectivity index (χ0) is 15.0.